The van der Waals surface area contributed by atoms with E-state index in [1.165, 1.54) is 18.9 Å². The van der Waals surface area contributed by atoms with Crippen molar-refractivity contribution in [3.05, 3.63) is 35.1 Å². The molecule has 0 aromatic heterocycles. The van der Waals surface area contributed by atoms with Gasteiger partial charge >= 0.3 is 0 Å². The number of halogens is 1. The molecule has 1 saturated heterocycles. The highest BCUT2D eigenvalue weighted by atomic mass is 19.1. The van der Waals surface area contributed by atoms with Gasteiger partial charge in [0.2, 0.25) is 5.91 Å². The van der Waals surface area contributed by atoms with Gasteiger partial charge in [-0.15, -0.1) is 0 Å². The van der Waals surface area contributed by atoms with Gasteiger partial charge in [0.1, 0.15) is 5.82 Å². The molecule has 2 fully saturated rings. The van der Waals surface area contributed by atoms with Crippen molar-refractivity contribution in [3.63, 3.8) is 0 Å². The van der Waals surface area contributed by atoms with Gasteiger partial charge in [-0.05, 0) is 31.0 Å². The minimum atomic E-state index is -0.609. The van der Waals surface area contributed by atoms with Gasteiger partial charge in [0.15, 0.2) is 0 Å². The molecule has 126 valence electrons. The van der Waals surface area contributed by atoms with Crippen molar-refractivity contribution in [2.24, 2.45) is 5.92 Å². The second kappa shape index (κ2) is 7.00. The summed E-state index contributed by atoms with van der Waals surface area (Å²) < 4.78 is 13.4. The number of hydrogen-bond acceptors (Lipinski definition) is 3. The molecule has 0 radical (unpaired) electrons. The monoisotopic (exact) mass is 329 g/mol. The summed E-state index contributed by atoms with van der Waals surface area (Å²) in [6, 6.07) is 5.76. The van der Waals surface area contributed by atoms with Crippen LogP contribution in [0.3, 0.4) is 0 Å². The van der Waals surface area contributed by atoms with Crippen molar-refractivity contribution < 1.29 is 14.0 Å². The summed E-state index contributed by atoms with van der Waals surface area (Å²) in [6.07, 6.45) is 4.95. The molecule has 1 aromatic rings. The van der Waals surface area contributed by atoms with E-state index in [-0.39, 0.29) is 23.0 Å². The molecule has 2 aliphatic rings. The Morgan fingerprint density at radius 3 is 2.79 bits per heavy atom. The molecule has 1 N–H and O–H groups in total. The van der Waals surface area contributed by atoms with Crippen LogP contribution in [0.15, 0.2) is 18.2 Å². The molecule has 24 heavy (non-hydrogen) atoms. The van der Waals surface area contributed by atoms with Gasteiger partial charge in [0, 0.05) is 37.0 Å². The van der Waals surface area contributed by atoms with Crippen LogP contribution >= 0.6 is 0 Å². The average molecular weight is 329 g/mol. The molecule has 1 aromatic carbocycles. The van der Waals surface area contributed by atoms with Gasteiger partial charge in [-0.3, -0.25) is 9.59 Å². The minimum Gasteiger partial charge on any atom is -0.352 e. The Bertz CT molecular complexity index is 692. The Balaban J connectivity index is 1.56. The fourth-order valence-corrected chi connectivity index (χ4v) is 3.64. The Hall–Kier alpha value is -2.42. The van der Waals surface area contributed by atoms with E-state index < -0.39 is 11.7 Å². The van der Waals surface area contributed by atoms with Crippen molar-refractivity contribution in [2.45, 2.75) is 38.1 Å². The highest BCUT2D eigenvalue weighted by Crippen LogP contribution is 2.29. The average Bonchev–Trinajstić information content (AvgIpc) is 3.21. The summed E-state index contributed by atoms with van der Waals surface area (Å²) in [5.41, 5.74) is 0.243. The van der Waals surface area contributed by atoms with E-state index in [0.29, 0.717) is 25.6 Å². The number of rotatable bonds is 4. The van der Waals surface area contributed by atoms with Crippen LogP contribution in [0.5, 0.6) is 0 Å². The SMILES string of the molecule is N#Cc1cc(F)cc(C(=O)NCC2CC(=O)N(C3CCCC3)C2)c1. The number of hydrogen-bond donors (Lipinski definition) is 1. The third-order valence-electron chi connectivity index (χ3n) is 4.84. The maximum absolute atomic E-state index is 13.4. The van der Waals surface area contributed by atoms with Crippen LogP contribution in [0.4, 0.5) is 4.39 Å². The first kappa shape index (κ1) is 16.4. The van der Waals surface area contributed by atoms with Crippen LogP contribution < -0.4 is 5.32 Å². The summed E-state index contributed by atoms with van der Waals surface area (Å²) >= 11 is 0. The van der Waals surface area contributed by atoms with Gasteiger partial charge in [-0.1, -0.05) is 12.8 Å². The van der Waals surface area contributed by atoms with Gasteiger partial charge in [-0.2, -0.15) is 5.26 Å². The maximum Gasteiger partial charge on any atom is 0.251 e. The topological polar surface area (TPSA) is 73.2 Å². The lowest BCUT2D eigenvalue weighted by atomic mass is 10.1. The second-order valence-corrected chi connectivity index (χ2v) is 6.60. The van der Waals surface area contributed by atoms with Gasteiger partial charge in [0.05, 0.1) is 11.6 Å². The Kier molecular flexibility index (Phi) is 4.79. The first-order valence-corrected chi connectivity index (χ1v) is 8.35. The van der Waals surface area contributed by atoms with E-state index in [1.54, 1.807) is 0 Å². The fraction of sp³-hybridized carbons (Fsp3) is 0.500. The number of carbonyl (C=O) groups is 2. The molecule has 6 heteroatoms. The Labute approximate surface area is 140 Å². The van der Waals surface area contributed by atoms with Crippen molar-refractivity contribution in [3.8, 4) is 6.07 Å². The van der Waals surface area contributed by atoms with Crippen LogP contribution in [-0.4, -0.2) is 35.8 Å². The lowest BCUT2D eigenvalue weighted by Crippen LogP contribution is -2.36. The van der Waals surface area contributed by atoms with Crippen LogP contribution in [0.25, 0.3) is 0 Å². The highest BCUT2D eigenvalue weighted by Gasteiger charge is 2.35. The number of benzene rings is 1. The lowest BCUT2D eigenvalue weighted by Gasteiger charge is -2.24. The Morgan fingerprint density at radius 2 is 2.08 bits per heavy atom. The van der Waals surface area contributed by atoms with E-state index in [9.17, 15) is 14.0 Å². The lowest BCUT2D eigenvalue weighted by molar-refractivity contribution is -0.129. The summed E-state index contributed by atoms with van der Waals surface area (Å²) in [5.74, 6) is -0.773. The molecular weight excluding hydrogens is 309 g/mol. The normalized spacial score (nSPS) is 21.1. The fourth-order valence-electron chi connectivity index (χ4n) is 3.64. The highest BCUT2D eigenvalue weighted by molar-refractivity contribution is 5.94. The van der Waals surface area contributed by atoms with Crippen molar-refractivity contribution in [1.29, 1.82) is 5.26 Å². The molecule has 1 atom stereocenters. The molecule has 1 unspecified atom stereocenters. The third kappa shape index (κ3) is 3.56. The first-order chi connectivity index (χ1) is 11.6. The number of carbonyl (C=O) groups excluding carboxylic acids is 2. The number of nitrogens with one attached hydrogen (secondary N) is 1. The number of nitriles is 1. The summed E-state index contributed by atoms with van der Waals surface area (Å²) in [4.78, 5) is 26.3. The van der Waals surface area contributed by atoms with Crippen LogP contribution in [0.2, 0.25) is 0 Å². The number of nitrogens with zero attached hydrogens (tertiary/aromatic N) is 2. The number of amides is 2. The van der Waals surface area contributed by atoms with E-state index in [4.69, 9.17) is 5.26 Å². The molecule has 1 heterocycles. The molecule has 2 amide bonds. The summed E-state index contributed by atoms with van der Waals surface area (Å²) in [7, 11) is 0. The van der Waals surface area contributed by atoms with Crippen LogP contribution in [0, 0.1) is 23.1 Å². The molecular formula is C18H20FN3O2. The third-order valence-corrected chi connectivity index (χ3v) is 4.84. The van der Waals surface area contributed by atoms with Crippen LogP contribution in [0.1, 0.15) is 48.0 Å². The van der Waals surface area contributed by atoms with Gasteiger partial charge < -0.3 is 10.2 Å². The molecule has 1 aliphatic carbocycles. The zero-order valence-electron chi connectivity index (χ0n) is 13.4. The summed E-state index contributed by atoms with van der Waals surface area (Å²) in [6.45, 7) is 1.06. The molecule has 0 spiro atoms. The maximum atomic E-state index is 13.4. The standard InChI is InChI=1S/C18H20FN3O2/c19-15-6-12(9-20)5-14(8-15)18(24)21-10-13-7-17(23)22(11-13)16-3-1-2-4-16/h5-6,8,13,16H,1-4,7,10-11H2,(H,21,24). The summed E-state index contributed by atoms with van der Waals surface area (Å²) in [5, 5.41) is 11.6. The quantitative estimate of drug-likeness (QED) is 0.920. The predicted molar refractivity (Wildman–Crippen MR) is 85.5 cm³/mol. The largest absolute Gasteiger partial charge is 0.352 e. The molecule has 1 saturated carbocycles. The molecule has 0 bridgehead atoms. The predicted octanol–water partition coefficient (Wildman–Crippen LogP) is 2.22. The van der Waals surface area contributed by atoms with E-state index in [0.717, 1.165) is 25.0 Å². The molecule has 1 aliphatic heterocycles. The van der Waals surface area contributed by atoms with Crippen molar-refractivity contribution in [2.75, 3.05) is 13.1 Å². The first-order valence-electron chi connectivity index (χ1n) is 8.35. The zero-order chi connectivity index (χ0) is 17.1. The van der Waals surface area contributed by atoms with Gasteiger partial charge in [-0.25, -0.2) is 4.39 Å². The van der Waals surface area contributed by atoms with E-state index in [2.05, 4.69) is 5.32 Å². The van der Waals surface area contributed by atoms with E-state index >= 15 is 0 Å². The zero-order valence-corrected chi connectivity index (χ0v) is 13.4. The van der Waals surface area contributed by atoms with Gasteiger partial charge in [0.25, 0.3) is 5.91 Å². The molecule has 5 nitrogen and oxygen atoms in total. The van der Waals surface area contributed by atoms with Crippen molar-refractivity contribution >= 4 is 11.8 Å². The number of likely N-dealkylation sites (tertiary alicyclic amines) is 1. The second-order valence-electron chi connectivity index (χ2n) is 6.60. The minimum absolute atomic E-state index is 0.0889. The van der Waals surface area contributed by atoms with Crippen molar-refractivity contribution in [1.82, 2.24) is 10.2 Å². The molecule has 3 rings (SSSR count). The van der Waals surface area contributed by atoms with Crippen LogP contribution in [-0.2, 0) is 4.79 Å². The van der Waals surface area contributed by atoms with E-state index in [1.807, 2.05) is 11.0 Å². The smallest absolute Gasteiger partial charge is 0.251 e. The Morgan fingerprint density at radius 1 is 1.33 bits per heavy atom.